The van der Waals surface area contributed by atoms with Gasteiger partial charge < -0.3 is 0 Å². The van der Waals surface area contributed by atoms with Crippen LogP contribution in [0.4, 0.5) is 0 Å². The molecule has 0 aromatic heterocycles. The third-order valence-corrected chi connectivity index (χ3v) is 3.62. The van der Waals surface area contributed by atoms with Gasteiger partial charge in [-0.3, -0.25) is 0 Å². The maximum Gasteiger partial charge on any atom is 0.0359 e. The molecule has 0 aliphatic rings. The monoisotopic (exact) mass is 300 g/mol. The standard InChI is InChI=1S/C13H17I/c1-2-3-4-8-11-13(14)12-9-6-5-7-10-12/h2,5-7,9-10,13H,1,3-4,8,11H2. The average molecular weight is 300 g/mol. The Morgan fingerprint density at radius 3 is 2.57 bits per heavy atom. The van der Waals surface area contributed by atoms with Crippen LogP contribution >= 0.6 is 22.6 Å². The van der Waals surface area contributed by atoms with E-state index in [4.69, 9.17) is 0 Å². The molecule has 0 N–H and O–H groups in total. The molecule has 1 unspecified atom stereocenters. The molecule has 0 fully saturated rings. The second kappa shape index (κ2) is 7.04. The van der Waals surface area contributed by atoms with Crippen LogP contribution in [0.3, 0.4) is 0 Å². The minimum atomic E-state index is 0.665. The molecule has 0 bridgehead atoms. The number of halogens is 1. The number of hydrogen-bond acceptors (Lipinski definition) is 0. The van der Waals surface area contributed by atoms with Gasteiger partial charge in [-0.1, -0.05) is 65.4 Å². The molecule has 0 nitrogen and oxygen atoms in total. The Kier molecular flexibility index (Phi) is 5.92. The largest absolute Gasteiger partial charge is 0.103 e. The third kappa shape index (κ3) is 4.27. The maximum atomic E-state index is 3.73. The highest BCUT2D eigenvalue weighted by molar-refractivity contribution is 14.1. The summed E-state index contributed by atoms with van der Waals surface area (Å²) in [6, 6.07) is 10.7. The van der Waals surface area contributed by atoms with Gasteiger partial charge >= 0.3 is 0 Å². The summed E-state index contributed by atoms with van der Waals surface area (Å²) in [5, 5.41) is 0. The highest BCUT2D eigenvalue weighted by Gasteiger charge is 2.04. The lowest BCUT2D eigenvalue weighted by Gasteiger charge is -2.09. The predicted molar refractivity (Wildman–Crippen MR) is 71.9 cm³/mol. The van der Waals surface area contributed by atoms with E-state index in [9.17, 15) is 0 Å². The highest BCUT2D eigenvalue weighted by atomic mass is 127. The fourth-order valence-electron chi connectivity index (χ4n) is 1.44. The summed E-state index contributed by atoms with van der Waals surface area (Å²) < 4.78 is 0.665. The first-order valence-electron chi connectivity index (χ1n) is 5.14. The minimum absolute atomic E-state index is 0.665. The van der Waals surface area contributed by atoms with E-state index in [1.165, 1.54) is 24.8 Å². The Morgan fingerprint density at radius 2 is 1.93 bits per heavy atom. The van der Waals surface area contributed by atoms with Crippen molar-refractivity contribution in [3.63, 3.8) is 0 Å². The smallest absolute Gasteiger partial charge is 0.0359 e. The topological polar surface area (TPSA) is 0 Å². The summed E-state index contributed by atoms with van der Waals surface area (Å²) in [5.74, 6) is 0. The van der Waals surface area contributed by atoms with Crippen LogP contribution in [0.5, 0.6) is 0 Å². The van der Waals surface area contributed by atoms with Crippen LogP contribution in [0.15, 0.2) is 43.0 Å². The number of rotatable bonds is 6. The fraction of sp³-hybridized carbons (Fsp3) is 0.385. The van der Waals surface area contributed by atoms with E-state index in [0.29, 0.717) is 3.92 Å². The van der Waals surface area contributed by atoms with Crippen molar-refractivity contribution >= 4 is 22.6 Å². The lowest BCUT2D eigenvalue weighted by atomic mass is 10.1. The van der Waals surface area contributed by atoms with Crippen molar-refractivity contribution in [2.45, 2.75) is 29.6 Å². The summed E-state index contributed by atoms with van der Waals surface area (Å²) >= 11 is 2.53. The van der Waals surface area contributed by atoms with Crippen LogP contribution in [0.25, 0.3) is 0 Å². The molecule has 1 rings (SSSR count). The zero-order valence-electron chi connectivity index (χ0n) is 8.45. The second-order valence-electron chi connectivity index (χ2n) is 3.45. The van der Waals surface area contributed by atoms with E-state index < -0.39 is 0 Å². The SMILES string of the molecule is C=CCCCCC(I)c1ccccc1. The summed E-state index contributed by atoms with van der Waals surface area (Å²) in [6.45, 7) is 3.73. The van der Waals surface area contributed by atoms with Crippen molar-refractivity contribution in [3.8, 4) is 0 Å². The third-order valence-electron chi connectivity index (χ3n) is 2.28. The molecule has 0 spiro atoms. The second-order valence-corrected chi connectivity index (χ2v) is 4.95. The van der Waals surface area contributed by atoms with Gasteiger partial charge in [0.25, 0.3) is 0 Å². The molecule has 1 aromatic rings. The summed E-state index contributed by atoms with van der Waals surface area (Å²) in [5.41, 5.74) is 1.45. The van der Waals surface area contributed by atoms with Crippen LogP contribution in [0, 0.1) is 0 Å². The Hall–Kier alpha value is -0.310. The first-order chi connectivity index (χ1) is 6.84. The Morgan fingerprint density at radius 1 is 1.21 bits per heavy atom. The minimum Gasteiger partial charge on any atom is -0.103 e. The van der Waals surface area contributed by atoms with Gasteiger partial charge in [-0.15, -0.1) is 6.58 Å². The van der Waals surface area contributed by atoms with Crippen LogP contribution < -0.4 is 0 Å². The zero-order chi connectivity index (χ0) is 10.2. The summed E-state index contributed by atoms with van der Waals surface area (Å²) in [7, 11) is 0. The lowest BCUT2D eigenvalue weighted by Crippen LogP contribution is -1.89. The van der Waals surface area contributed by atoms with E-state index in [1.807, 2.05) is 6.08 Å². The molecule has 0 saturated heterocycles. The maximum absolute atomic E-state index is 3.73. The molecule has 1 aromatic carbocycles. The quantitative estimate of drug-likeness (QED) is 0.303. The van der Waals surface area contributed by atoms with Crippen molar-refractivity contribution in [3.05, 3.63) is 48.6 Å². The molecule has 0 radical (unpaired) electrons. The Labute approximate surface area is 101 Å². The van der Waals surface area contributed by atoms with Crippen LogP contribution in [-0.2, 0) is 0 Å². The van der Waals surface area contributed by atoms with Gasteiger partial charge in [0.2, 0.25) is 0 Å². The zero-order valence-corrected chi connectivity index (χ0v) is 10.6. The van der Waals surface area contributed by atoms with E-state index in [-0.39, 0.29) is 0 Å². The normalized spacial score (nSPS) is 12.4. The molecule has 14 heavy (non-hydrogen) atoms. The van der Waals surface area contributed by atoms with E-state index in [0.717, 1.165) is 6.42 Å². The van der Waals surface area contributed by atoms with Gasteiger partial charge in [0.05, 0.1) is 0 Å². The molecule has 76 valence electrons. The molecule has 0 aliphatic heterocycles. The van der Waals surface area contributed by atoms with Crippen molar-refractivity contribution in [1.82, 2.24) is 0 Å². The molecule has 1 heteroatoms. The van der Waals surface area contributed by atoms with Gasteiger partial charge in [-0.25, -0.2) is 0 Å². The van der Waals surface area contributed by atoms with Gasteiger partial charge in [0.1, 0.15) is 0 Å². The average Bonchev–Trinajstić information content (AvgIpc) is 2.25. The lowest BCUT2D eigenvalue weighted by molar-refractivity contribution is 0.690. The number of hydrogen-bond donors (Lipinski definition) is 0. The van der Waals surface area contributed by atoms with E-state index in [1.54, 1.807) is 0 Å². The van der Waals surface area contributed by atoms with E-state index >= 15 is 0 Å². The summed E-state index contributed by atoms with van der Waals surface area (Å²) in [6.07, 6.45) is 7.01. The highest BCUT2D eigenvalue weighted by Crippen LogP contribution is 2.28. The van der Waals surface area contributed by atoms with Crippen LogP contribution in [0.2, 0.25) is 0 Å². The van der Waals surface area contributed by atoms with Crippen molar-refractivity contribution in [2.75, 3.05) is 0 Å². The predicted octanol–water partition coefficient (Wildman–Crippen LogP) is 4.91. The molecule has 0 heterocycles. The molecule has 1 atom stereocenters. The van der Waals surface area contributed by atoms with Crippen LogP contribution in [0.1, 0.15) is 35.2 Å². The molecule has 0 saturated carbocycles. The first kappa shape index (κ1) is 11.8. The Bertz CT molecular complexity index is 253. The van der Waals surface area contributed by atoms with Gasteiger partial charge in [-0.05, 0) is 24.8 Å². The van der Waals surface area contributed by atoms with Crippen molar-refractivity contribution < 1.29 is 0 Å². The number of allylic oxidation sites excluding steroid dienone is 1. The van der Waals surface area contributed by atoms with Gasteiger partial charge in [0.15, 0.2) is 0 Å². The van der Waals surface area contributed by atoms with Crippen LogP contribution in [-0.4, -0.2) is 0 Å². The van der Waals surface area contributed by atoms with Crippen molar-refractivity contribution in [1.29, 1.82) is 0 Å². The molecular weight excluding hydrogens is 283 g/mol. The van der Waals surface area contributed by atoms with Crippen molar-refractivity contribution in [2.24, 2.45) is 0 Å². The first-order valence-corrected chi connectivity index (χ1v) is 6.39. The summed E-state index contributed by atoms with van der Waals surface area (Å²) in [4.78, 5) is 0. The number of unbranched alkanes of at least 4 members (excludes halogenated alkanes) is 2. The molecule has 0 amide bonds. The van der Waals surface area contributed by atoms with Gasteiger partial charge in [0, 0.05) is 3.92 Å². The van der Waals surface area contributed by atoms with Gasteiger partial charge in [-0.2, -0.15) is 0 Å². The number of alkyl halides is 1. The Balaban J connectivity index is 2.28. The number of benzene rings is 1. The molecular formula is C13H17I. The molecule has 0 aliphatic carbocycles. The van der Waals surface area contributed by atoms with E-state index in [2.05, 4.69) is 59.5 Å². The fourth-order valence-corrected chi connectivity index (χ4v) is 2.30.